The average molecular weight is 255 g/mol. The number of allylic oxidation sites excluding steroid dienone is 2. The Morgan fingerprint density at radius 3 is 2.37 bits per heavy atom. The first-order valence-corrected chi connectivity index (χ1v) is 6.58. The van der Waals surface area contributed by atoms with Crippen molar-refractivity contribution in [1.29, 1.82) is 0 Å². The Labute approximate surface area is 115 Å². The normalized spacial score (nSPS) is 19.5. The highest BCUT2D eigenvalue weighted by Crippen LogP contribution is 2.32. The summed E-state index contributed by atoms with van der Waals surface area (Å²) in [5.41, 5.74) is 2.58. The van der Waals surface area contributed by atoms with Crippen molar-refractivity contribution in [3.63, 3.8) is 0 Å². The molecule has 1 heterocycles. The van der Waals surface area contributed by atoms with Crippen LogP contribution in [0.5, 0.6) is 0 Å². The Hall–Kier alpha value is -1.83. The molecule has 1 aromatic carbocycles. The maximum atomic E-state index is 5.45. The lowest BCUT2D eigenvalue weighted by Gasteiger charge is -2.22. The molecule has 2 rings (SSSR count). The molecular weight excluding hydrogens is 234 g/mol. The summed E-state index contributed by atoms with van der Waals surface area (Å²) in [7, 11) is 1.68. The zero-order valence-electron chi connectivity index (χ0n) is 12.1. The van der Waals surface area contributed by atoms with E-state index in [1.165, 1.54) is 11.1 Å². The van der Waals surface area contributed by atoms with Gasteiger partial charge >= 0.3 is 0 Å². The van der Waals surface area contributed by atoms with E-state index in [-0.39, 0.29) is 11.3 Å². The van der Waals surface area contributed by atoms with E-state index in [4.69, 9.17) is 4.74 Å². The van der Waals surface area contributed by atoms with E-state index < -0.39 is 0 Å². The number of methoxy groups -OCH3 is 1. The van der Waals surface area contributed by atoms with E-state index in [1.807, 2.05) is 24.4 Å². The molecule has 1 unspecified atom stereocenters. The first kappa shape index (κ1) is 13.6. The van der Waals surface area contributed by atoms with Gasteiger partial charge in [0.05, 0.1) is 13.0 Å². The molecule has 2 heteroatoms. The van der Waals surface area contributed by atoms with Crippen molar-refractivity contribution in [2.75, 3.05) is 7.11 Å². The topological polar surface area (TPSA) is 21.6 Å². The summed E-state index contributed by atoms with van der Waals surface area (Å²) in [5.74, 6) is 0.817. The lowest BCUT2D eigenvalue weighted by atomic mass is 9.83. The number of benzene rings is 1. The predicted molar refractivity (Wildman–Crippen MR) is 80.3 cm³/mol. The van der Waals surface area contributed by atoms with Crippen molar-refractivity contribution in [1.82, 2.24) is 0 Å². The third-order valence-corrected chi connectivity index (χ3v) is 3.30. The first-order valence-electron chi connectivity index (χ1n) is 6.58. The van der Waals surface area contributed by atoms with Gasteiger partial charge in [-0.1, -0.05) is 57.2 Å². The van der Waals surface area contributed by atoms with Crippen LogP contribution < -0.4 is 0 Å². The van der Waals surface area contributed by atoms with Gasteiger partial charge in [-0.2, -0.15) is 0 Å². The fourth-order valence-corrected chi connectivity index (χ4v) is 2.16. The summed E-state index contributed by atoms with van der Waals surface area (Å²) in [5, 5.41) is 0. The van der Waals surface area contributed by atoms with Crippen LogP contribution >= 0.6 is 0 Å². The van der Waals surface area contributed by atoms with Crippen molar-refractivity contribution >= 4 is 5.90 Å². The minimum atomic E-state index is 0.0791. The van der Waals surface area contributed by atoms with Gasteiger partial charge in [-0.3, -0.25) is 0 Å². The Morgan fingerprint density at radius 1 is 1.11 bits per heavy atom. The van der Waals surface area contributed by atoms with Crippen molar-refractivity contribution < 1.29 is 4.74 Å². The number of ether oxygens (including phenoxy) is 1. The highest BCUT2D eigenvalue weighted by molar-refractivity contribution is 5.87. The number of hydrogen-bond donors (Lipinski definition) is 0. The summed E-state index contributed by atoms with van der Waals surface area (Å²) < 4.78 is 5.45. The van der Waals surface area contributed by atoms with Crippen LogP contribution in [-0.2, 0) is 4.74 Å². The van der Waals surface area contributed by atoms with E-state index in [2.05, 4.69) is 50.0 Å². The third-order valence-electron chi connectivity index (χ3n) is 3.30. The second-order valence-electron chi connectivity index (χ2n) is 5.75. The Kier molecular flexibility index (Phi) is 3.89. The van der Waals surface area contributed by atoms with Crippen LogP contribution in [0.25, 0.3) is 0 Å². The first-order chi connectivity index (χ1) is 9.02. The molecule has 1 aliphatic heterocycles. The molecule has 0 bridgehead atoms. The monoisotopic (exact) mass is 255 g/mol. The Balaban J connectivity index is 2.47. The number of hydrogen-bond acceptors (Lipinski definition) is 2. The van der Waals surface area contributed by atoms with E-state index >= 15 is 0 Å². The standard InChI is InChI=1S/C17H21NO/c1-17(2,3)14-10-11-18-16(19-4)15(12-14)13-8-6-5-7-9-13/h5-12,15H,1-4H3. The molecule has 0 aliphatic carbocycles. The summed E-state index contributed by atoms with van der Waals surface area (Å²) >= 11 is 0. The van der Waals surface area contributed by atoms with Crippen molar-refractivity contribution in [2.24, 2.45) is 10.4 Å². The SMILES string of the molecule is COC1=NC=CC(C(C)(C)C)=CC1c1ccccc1. The molecule has 0 amide bonds. The van der Waals surface area contributed by atoms with E-state index in [9.17, 15) is 0 Å². The number of rotatable bonds is 1. The minimum absolute atomic E-state index is 0.0791. The maximum Gasteiger partial charge on any atom is 0.199 e. The zero-order valence-corrected chi connectivity index (χ0v) is 12.1. The van der Waals surface area contributed by atoms with Gasteiger partial charge in [0.25, 0.3) is 0 Å². The molecule has 1 aliphatic rings. The number of aliphatic imine (C=N–C) groups is 1. The molecule has 2 nitrogen and oxygen atoms in total. The fourth-order valence-electron chi connectivity index (χ4n) is 2.16. The van der Waals surface area contributed by atoms with Crippen LogP contribution in [0.4, 0.5) is 0 Å². The third kappa shape index (κ3) is 3.14. The van der Waals surface area contributed by atoms with Gasteiger partial charge in [0.1, 0.15) is 0 Å². The van der Waals surface area contributed by atoms with E-state index in [1.54, 1.807) is 7.11 Å². The summed E-state index contributed by atoms with van der Waals surface area (Å²) in [4.78, 5) is 4.43. The Morgan fingerprint density at radius 2 is 1.79 bits per heavy atom. The van der Waals surface area contributed by atoms with Crippen molar-refractivity contribution in [3.05, 3.63) is 59.8 Å². The van der Waals surface area contributed by atoms with Gasteiger partial charge < -0.3 is 4.74 Å². The molecule has 0 saturated heterocycles. The summed E-state index contributed by atoms with van der Waals surface area (Å²) in [6, 6.07) is 10.3. The van der Waals surface area contributed by atoms with Crippen LogP contribution in [0, 0.1) is 5.41 Å². The van der Waals surface area contributed by atoms with Crippen molar-refractivity contribution in [2.45, 2.75) is 26.7 Å². The van der Waals surface area contributed by atoms with E-state index in [0.717, 1.165) is 5.90 Å². The van der Waals surface area contributed by atoms with E-state index in [0.29, 0.717) is 0 Å². The average Bonchev–Trinajstić information content (AvgIpc) is 2.61. The molecule has 0 fully saturated rings. The smallest absolute Gasteiger partial charge is 0.199 e. The Bertz CT molecular complexity index is 518. The predicted octanol–water partition coefficient (Wildman–Crippen LogP) is 4.31. The van der Waals surface area contributed by atoms with Gasteiger partial charge in [0.15, 0.2) is 5.90 Å². The van der Waals surface area contributed by atoms with Crippen molar-refractivity contribution in [3.8, 4) is 0 Å². The largest absolute Gasteiger partial charge is 0.483 e. The number of nitrogens with zero attached hydrogens (tertiary/aromatic N) is 1. The second-order valence-corrected chi connectivity index (χ2v) is 5.75. The highest BCUT2D eigenvalue weighted by Gasteiger charge is 2.23. The molecule has 0 saturated carbocycles. The van der Waals surface area contributed by atoms with Crippen LogP contribution in [0.3, 0.4) is 0 Å². The molecule has 0 N–H and O–H groups in total. The summed E-state index contributed by atoms with van der Waals surface area (Å²) in [6.07, 6.45) is 6.15. The molecule has 19 heavy (non-hydrogen) atoms. The van der Waals surface area contributed by atoms with Gasteiger partial charge in [0.2, 0.25) is 0 Å². The molecule has 0 radical (unpaired) electrons. The van der Waals surface area contributed by atoms with Gasteiger partial charge in [-0.05, 0) is 22.6 Å². The van der Waals surface area contributed by atoms with Crippen LogP contribution in [0.15, 0.2) is 59.2 Å². The zero-order chi connectivity index (χ0) is 13.9. The highest BCUT2D eigenvalue weighted by atomic mass is 16.5. The molecule has 0 aromatic heterocycles. The van der Waals surface area contributed by atoms with Gasteiger partial charge in [0, 0.05) is 6.20 Å². The molecule has 0 spiro atoms. The quantitative estimate of drug-likeness (QED) is 0.732. The van der Waals surface area contributed by atoms with Gasteiger partial charge in [-0.15, -0.1) is 0 Å². The maximum absolute atomic E-state index is 5.45. The lowest BCUT2D eigenvalue weighted by Crippen LogP contribution is -2.14. The molecule has 100 valence electrons. The fraction of sp³-hybridized carbons (Fsp3) is 0.353. The minimum Gasteiger partial charge on any atom is -0.483 e. The molecule has 1 atom stereocenters. The summed E-state index contributed by atoms with van der Waals surface area (Å²) in [6.45, 7) is 6.63. The van der Waals surface area contributed by atoms with Crippen LogP contribution in [-0.4, -0.2) is 13.0 Å². The second kappa shape index (κ2) is 5.43. The van der Waals surface area contributed by atoms with Gasteiger partial charge in [-0.25, -0.2) is 4.99 Å². The van der Waals surface area contributed by atoms with Crippen LogP contribution in [0.1, 0.15) is 32.3 Å². The van der Waals surface area contributed by atoms with Crippen LogP contribution in [0.2, 0.25) is 0 Å². The lowest BCUT2D eigenvalue weighted by molar-refractivity contribution is 0.388. The molecular formula is C17H21NO. The molecule has 1 aromatic rings.